The molecule has 3 nitrogen and oxygen atoms in total. The fourth-order valence-electron chi connectivity index (χ4n) is 2.96. The van der Waals surface area contributed by atoms with E-state index in [1.165, 1.54) is 16.5 Å². The molecule has 0 radical (unpaired) electrons. The molecule has 0 spiro atoms. The van der Waals surface area contributed by atoms with Crippen LogP contribution in [0.5, 0.6) is 0 Å². The maximum Gasteiger partial charge on any atom is 0.150 e. The molecule has 0 aliphatic carbocycles. The van der Waals surface area contributed by atoms with Crippen molar-refractivity contribution in [1.82, 2.24) is 4.98 Å². The number of fused-ring (bicyclic) bond motifs is 2. The fourth-order valence-corrected chi connectivity index (χ4v) is 3.85. The van der Waals surface area contributed by atoms with E-state index in [0.717, 1.165) is 24.9 Å². The molecule has 21 heavy (non-hydrogen) atoms. The van der Waals surface area contributed by atoms with Crippen LogP contribution >= 0.6 is 11.3 Å². The van der Waals surface area contributed by atoms with Crippen LogP contribution in [0.4, 0.5) is 15.8 Å². The van der Waals surface area contributed by atoms with Gasteiger partial charge in [-0.15, -0.1) is 11.3 Å². The number of hydrogen-bond donors (Lipinski definition) is 1. The van der Waals surface area contributed by atoms with E-state index in [1.54, 1.807) is 17.5 Å². The summed E-state index contributed by atoms with van der Waals surface area (Å²) in [5.41, 5.74) is 8.85. The van der Waals surface area contributed by atoms with E-state index < -0.39 is 0 Å². The van der Waals surface area contributed by atoms with Crippen LogP contribution in [0.2, 0.25) is 0 Å². The molecular formula is C16H14FN3S. The molecule has 1 aliphatic heterocycles. The molecule has 0 fully saturated rings. The molecule has 0 atom stereocenters. The van der Waals surface area contributed by atoms with E-state index in [-0.39, 0.29) is 5.82 Å². The van der Waals surface area contributed by atoms with Crippen molar-refractivity contribution in [2.75, 3.05) is 17.2 Å². The number of pyridine rings is 1. The van der Waals surface area contributed by atoms with Gasteiger partial charge in [0.05, 0.1) is 5.52 Å². The van der Waals surface area contributed by atoms with Crippen LogP contribution in [0.25, 0.3) is 10.9 Å². The van der Waals surface area contributed by atoms with E-state index in [0.29, 0.717) is 16.9 Å². The lowest BCUT2D eigenvalue weighted by atomic mass is 10.1. The zero-order valence-electron chi connectivity index (χ0n) is 11.3. The molecule has 1 aliphatic rings. The summed E-state index contributed by atoms with van der Waals surface area (Å²) < 4.78 is 14.5. The maximum absolute atomic E-state index is 14.5. The summed E-state index contributed by atoms with van der Waals surface area (Å²) >= 11 is 1.78. The van der Waals surface area contributed by atoms with Crippen LogP contribution in [0.3, 0.4) is 0 Å². The van der Waals surface area contributed by atoms with Crippen LogP contribution in [0, 0.1) is 5.82 Å². The average molecular weight is 299 g/mol. The van der Waals surface area contributed by atoms with Gasteiger partial charge in [0.1, 0.15) is 5.69 Å². The summed E-state index contributed by atoms with van der Waals surface area (Å²) in [5, 5.41) is 2.91. The second kappa shape index (κ2) is 4.70. The van der Waals surface area contributed by atoms with Gasteiger partial charge in [-0.25, -0.2) is 4.39 Å². The van der Waals surface area contributed by atoms with Crippen LogP contribution in [0.1, 0.15) is 10.4 Å². The summed E-state index contributed by atoms with van der Waals surface area (Å²) in [5.74, 6) is -0.294. The van der Waals surface area contributed by atoms with Gasteiger partial charge in [0.25, 0.3) is 0 Å². The van der Waals surface area contributed by atoms with Gasteiger partial charge in [-0.2, -0.15) is 0 Å². The lowest BCUT2D eigenvalue weighted by Gasteiger charge is -2.30. The highest BCUT2D eigenvalue weighted by atomic mass is 32.1. The molecule has 3 aromatic rings. The van der Waals surface area contributed by atoms with Crippen molar-refractivity contribution in [3.63, 3.8) is 0 Å². The smallest absolute Gasteiger partial charge is 0.150 e. The van der Waals surface area contributed by atoms with E-state index in [2.05, 4.69) is 21.3 Å². The number of nitrogens with zero attached hydrogens (tertiary/aromatic N) is 2. The Labute approximate surface area is 125 Å². The second-order valence-electron chi connectivity index (χ2n) is 5.24. The molecule has 5 heteroatoms. The number of halogens is 1. The van der Waals surface area contributed by atoms with Crippen molar-refractivity contribution in [2.24, 2.45) is 0 Å². The largest absolute Gasteiger partial charge is 0.398 e. The fraction of sp³-hybridized carbons (Fsp3) is 0.188. The molecule has 0 unspecified atom stereocenters. The molecule has 4 rings (SSSR count). The van der Waals surface area contributed by atoms with Crippen molar-refractivity contribution in [1.29, 1.82) is 0 Å². The Morgan fingerprint density at radius 2 is 2.24 bits per heavy atom. The Morgan fingerprint density at radius 1 is 1.33 bits per heavy atom. The molecule has 1 aromatic carbocycles. The van der Waals surface area contributed by atoms with Crippen LogP contribution in [0.15, 0.2) is 35.8 Å². The number of rotatable bonds is 1. The monoisotopic (exact) mass is 299 g/mol. The topological polar surface area (TPSA) is 42.1 Å². The Bertz CT molecular complexity index is 828. The van der Waals surface area contributed by atoms with Crippen molar-refractivity contribution in [3.8, 4) is 0 Å². The summed E-state index contributed by atoms with van der Waals surface area (Å²) in [7, 11) is 0. The summed E-state index contributed by atoms with van der Waals surface area (Å²) in [4.78, 5) is 7.83. The van der Waals surface area contributed by atoms with E-state index >= 15 is 0 Å². The highest BCUT2D eigenvalue weighted by Crippen LogP contribution is 2.35. The van der Waals surface area contributed by atoms with Crippen molar-refractivity contribution in [3.05, 3.63) is 52.1 Å². The lowest BCUT2D eigenvalue weighted by Crippen LogP contribution is -2.30. The average Bonchev–Trinajstić information content (AvgIpc) is 2.95. The van der Waals surface area contributed by atoms with Gasteiger partial charge in [0.15, 0.2) is 5.82 Å². The van der Waals surface area contributed by atoms with Gasteiger partial charge in [-0.3, -0.25) is 4.98 Å². The normalized spacial score (nSPS) is 14.4. The zero-order chi connectivity index (χ0) is 14.4. The standard InChI is InChI=1S/C16H14FN3S/c17-12-8-13(18)11-2-1-5-19-15(11)16(12)20-6-3-14-10(9-20)4-7-21-14/h1-2,4-5,7-8H,3,6,9,18H2. The Kier molecular flexibility index (Phi) is 2.82. The van der Waals surface area contributed by atoms with Gasteiger partial charge in [-0.1, -0.05) is 0 Å². The third-order valence-corrected chi connectivity index (χ3v) is 5.00. The zero-order valence-corrected chi connectivity index (χ0v) is 12.2. The molecule has 2 N–H and O–H groups in total. The van der Waals surface area contributed by atoms with Gasteiger partial charge in [0, 0.05) is 35.2 Å². The molecule has 106 valence electrons. The first kappa shape index (κ1) is 12.6. The molecule has 0 bridgehead atoms. The highest BCUT2D eigenvalue weighted by molar-refractivity contribution is 7.10. The minimum Gasteiger partial charge on any atom is -0.398 e. The number of hydrogen-bond acceptors (Lipinski definition) is 4. The maximum atomic E-state index is 14.5. The Morgan fingerprint density at radius 3 is 3.14 bits per heavy atom. The lowest BCUT2D eigenvalue weighted by molar-refractivity contribution is 0.614. The number of anilines is 2. The number of benzene rings is 1. The van der Waals surface area contributed by atoms with E-state index in [1.807, 2.05) is 12.1 Å². The molecular weight excluding hydrogens is 285 g/mol. The highest BCUT2D eigenvalue weighted by Gasteiger charge is 2.23. The van der Waals surface area contributed by atoms with Gasteiger partial charge in [0.2, 0.25) is 0 Å². The van der Waals surface area contributed by atoms with Crippen molar-refractivity contribution >= 4 is 33.6 Å². The minimum absolute atomic E-state index is 0.294. The first-order chi connectivity index (χ1) is 10.2. The second-order valence-corrected chi connectivity index (χ2v) is 6.24. The van der Waals surface area contributed by atoms with E-state index in [9.17, 15) is 4.39 Å². The summed E-state index contributed by atoms with van der Waals surface area (Å²) in [6.45, 7) is 1.53. The van der Waals surface area contributed by atoms with Crippen LogP contribution in [-0.4, -0.2) is 11.5 Å². The first-order valence-electron chi connectivity index (χ1n) is 6.87. The van der Waals surface area contributed by atoms with Crippen LogP contribution in [-0.2, 0) is 13.0 Å². The van der Waals surface area contributed by atoms with Gasteiger partial charge >= 0.3 is 0 Å². The van der Waals surface area contributed by atoms with Crippen molar-refractivity contribution in [2.45, 2.75) is 13.0 Å². The Balaban J connectivity index is 1.88. The first-order valence-corrected chi connectivity index (χ1v) is 7.75. The Hall–Kier alpha value is -2.14. The van der Waals surface area contributed by atoms with E-state index in [4.69, 9.17) is 5.73 Å². The third-order valence-electron chi connectivity index (χ3n) is 3.98. The minimum atomic E-state index is -0.294. The number of nitrogens with two attached hydrogens (primary N) is 1. The summed E-state index contributed by atoms with van der Waals surface area (Å²) in [6, 6.07) is 7.24. The van der Waals surface area contributed by atoms with Gasteiger partial charge < -0.3 is 10.6 Å². The molecule has 0 saturated carbocycles. The number of thiophene rings is 1. The molecule has 2 aromatic heterocycles. The van der Waals surface area contributed by atoms with Crippen molar-refractivity contribution < 1.29 is 4.39 Å². The number of aromatic nitrogens is 1. The quantitative estimate of drug-likeness (QED) is 0.698. The predicted octanol–water partition coefficient (Wildman–Crippen LogP) is 3.58. The molecule has 0 saturated heterocycles. The number of nitrogen functional groups attached to an aromatic ring is 1. The van der Waals surface area contributed by atoms with Gasteiger partial charge in [-0.05, 0) is 41.6 Å². The SMILES string of the molecule is Nc1cc(F)c(N2CCc3sccc3C2)c2ncccc12. The molecule has 0 amide bonds. The molecule has 3 heterocycles. The third kappa shape index (κ3) is 1.96. The van der Waals surface area contributed by atoms with Crippen LogP contribution < -0.4 is 10.6 Å². The summed E-state index contributed by atoms with van der Waals surface area (Å²) in [6.07, 6.45) is 2.63. The predicted molar refractivity (Wildman–Crippen MR) is 85.2 cm³/mol.